The predicted molar refractivity (Wildman–Crippen MR) is 93.8 cm³/mol. The van der Waals surface area contributed by atoms with Gasteiger partial charge in [0.15, 0.2) is 0 Å². The zero-order valence-electron chi connectivity index (χ0n) is 14.4. The van der Waals surface area contributed by atoms with Crippen molar-refractivity contribution in [3.8, 4) is 11.5 Å². The Labute approximate surface area is 154 Å². The van der Waals surface area contributed by atoms with Gasteiger partial charge in [0, 0.05) is 0 Å². The molecule has 8 nitrogen and oxygen atoms in total. The number of hydrogen-bond donors (Lipinski definition) is 1. The minimum absolute atomic E-state index is 0.0336. The van der Waals surface area contributed by atoms with Gasteiger partial charge in [0.25, 0.3) is 0 Å². The Bertz CT molecular complexity index is 732. The molecule has 140 valence electrons. The summed E-state index contributed by atoms with van der Waals surface area (Å²) in [4.78, 5) is 36.9. The van der Waals surface area contributed by atoms with E-state index in [1.807, 2.05) is 0 Å². The van der Waals surface area contributed by atoms with E-state index in [9.17, 15) is 19.5 Å². The van der Waals surface area contributed by atoms with Crippen molar-refractivity contribution in [1.82, 2.24) is 4.90 Å². The van der Waals surface area contributed by atoms with Crippen molar-refractivity contribution >= 4 is 29.6 Å². The van der Waals surface area contributed by atoms with Crippen LogP contribution in [0.1, 0.15) is 17.3 Å². The maximum Gasteiger partial charge on any atom is 0.342 e. The summed E-state index contributed by atoms with van der Waals surface area (Å²) in [7, 11) is 1.44. The molecule has 26 heavy (non-hydrogen) atoms. The van der Waals surface area contributed by atoms with E-state index in [-0.39, 0.29) is 42.7 Å². The molecule has 1 saturated heterocycles. The van der Waals surface area contributed by atoms with Gasteiger partial charge in [-0.25, -0.2) is 9.59 Å². The maximum atomic E-state index is 12.1. The van der Waals surface area contributed by atoms with Crippen molar-refractivity contribution in [3.63, 3.8) is 0 Å². The molecule has 1 aliphatic heterocycles. The van der Waals surface area contributed by atoms with Gasteiger partial charge in [-0.15, -0.1) is 0 Å². The summed E-state index contributed by atoms with van der Waals surface area (Å²) < 4.78 is 15.0. The Kier molecular flexibility index (Phi) is 6.90. The van der Waals surface area contributed by atoms with Crippen LogP contribution in [-0.2, 0) is 19.1 Å². The summed E-state index contributed by atoms with van der Waals surface area (Å²) in [5.74, 6) is -1.09. The first-order valence-electron chi connectivity index (χ1n) is 7.82. The number of phenolic OH excluding ortho intramolecular Hbond substituents is 1. The molecule has 1 aromatic carbocycles. The van der Waals surface area contributed by atoms with Gasteiger partial charge in [-0.3, -0.25) is 4.79 Å². The van der Waals surface area contributed by atoms with E-state index in [0.29, 0.717) is 10.8 Å². The number of nitrogens with zero attached hydrogens (tertiary/aromatic N) is 1. The molecule has 0 unspecified atom stereocenters. The molecule has 1 aromatic rings. The Balaban J connectivity index is 1.96. The Morgan fingerprint density at radius 2 is 2.12 bits per heavy atom. The van der Waals surface area contributed by atoms with Crippen molar-refractivity contribution in [3.05, 3.63) is 34.9 Å². The Hall–Kier alpha value is -2.68. The van der Waals surface area contributed by atoms with Crippen LogP contribution in [0, 0.1) is 0 Å². The summed E-state index contributed by atoms with van der Waals surface area (Å²) in [5, 5.41) is 10.2. The average molecular weight is 381 g/mol. The molecule has 1 amide bonds. The summed E-state index contributed by atoms with van der Waals surface area (Å²) in [5.41, 5.74) is -0.0336. The zero-order valence-corrected chi connectivity index (χ0v) is 15.2. The lowest BCUT2D eigenvalue weighted by atomic mass is 10.2. The van der Waals surface area contributed by atoms with E-state index in [2.05, 4.69) is 0 Å². The predicted octanol–water partition coefficient (Wildman–Crippen LogP) is 1.54. The lowest BCUT2D eigenvalue weighted by Crippen LogP contribution is -2.29. The monoisotopic (exact) mass is 381 g/mol. The van der Waals surface area contributed by atoms with E-state index in [4.69, 9.17) is 14.2 Å². The topological polar surface area (TPSA) is 102 Å². The van der Waals surface area contributed by atoms with Gasteiger partial charge in [0.1, 0.15) is 23.7 Å². The summed E-state index contributed by atoms with van der Waals surface area (Å²) in [6.45, 7) is 1.92. The number of amides is 1. The van der Waals surface area contributed by atoms with Crippen LogP contribution in [0.5, 0.6) is 11.5 Å². The number of methoxy groups -OCH3 is 1. The van der Waals surface area contributed by atoms with Crippen LogP contribution in [-0.4, -0.2) is 60.5 Å². The number of hydrogen-bond acceptors (Lipinski definition) is 8. The average Bonchev–Trinajstić information content (AvgIpc) is 2.95. The van der Waals surface area contributed by atoms with Crippen molar-refractivity contribution < 1.29 is 33.7 Å². The summed E-state index contributed by atoms with van der Waals surface area (Å²) >= 11 is 1.22. The molecule has 1 heterocycles. The smallest absolute Gasteiger partial charge is 0.342 e. The lowest BCUT2D eigenvalue weighted by molar-refractivity contribution is -0.137. The molecular weight excluding hydrogens is 362 g/mol. The second kappa shape index (κ2) is 9.14. The number of thioether (sulfide) groups is 1. The number of carbonyl (C=O) groups is 3. The molecule has 1 N–H and O–H groups in total. The Morgan fingerprint density at radius 3 is 2.81 bits per heavy atom. The number of benzene rings is 1. The van der Waals surface area contributed by atoms with Crippen molar-refractivity contribution in [2.75, 3.05) is 32.6 Å². The number of esters is 2. The highest BCUT2D eigenvalue weighted by atomic mass is 32.2. The van der Waals surface area contributed by atoms with Crippen LogP contribution in [0.25, 0.3) is 0 Å². The molecule has 1 aliphatic rings. The van der Waals surface area contributed by atoms with Crippen LogP contribution in [0.2, 0.25) is 0 Å². The normalized spacial score (nSPS) is 15.2. The van der Waals surface area contributed by atoms with E-state index in [0.717, 1.165) is 0 Å². The molecule has 0 radical (unpaired) electrons. The number of aromatic hydroxyl groups is 1. The molecule has 0 aromatic heterocycles. The fraction of sp³-hybridized carbons (Fsp3) is 0.353. The standard InChI is InChI=1S/C17H19NO7S/c1-3-24-16(21)9-15-18(14(20)10-26-15)6-7-25-17(22)12-8-11(23-2)4-5-13(12)19/h4-5,8-9,19H,3,6-7,10H2,1-2H3/b15-9-. The van der Waals surface area contributed by atoms with Crippen LogP contribution in [0.3, 0.4) is 0 Å². The van der Waals surface area contributed by atoms with Gasteiger partial charge in [-0.1, -0.05) is 11.8 Å². The highest BCUT2D eigenvalue weighted by Crippen LogP contribution is 2.28. The van der Waals surface area contributed by atoms with E-state index >= 15 is 0 Å². The third-order valence-electron chi connectivity index (χ3n) is 3.41. The number of ether oxygens (including phenoxy) is 3. The molecule has 0 bridgehead atoms. The van der Waals surface area contributed by atoms with E-state index < -0.39 is 11.9 Å². The highest BCUT2D eigenvalue weighted by molar-refractivity contribution is 8.04. The fourth-order valence-corrected chi connectivity index (χ4v) is 3.12. The first-order valence-corrected chi connectivity index (χ1v) is 8.80. The molecule has 1 fully saturated rings. The number of phenols is 1. The first kappa shape index (κ1) is 19.6. The van der Waals surface area contributed by atoms with Crippen LogP contribution < -0.4 is 4.74 Å². The largest absolute Gasteiger partial charge is 0.507 e. The van der Waals surface area contributed by atoms with Gasteiger partial charge >= 0.3 is 11.9 Å². The minimum atomic E-state index is -0.739. The molecule has 2 rings (SSSR count). The van der Waals surface area contributed by atoms with E-state index in [1.54, 1.807) is 6.92 Å². The maximum absolute atomic E-state index is 12.1. The quantitative estimate of drug-likeness (QED) is 0.560. The van der Waals surface area contributed by atoms with Crippen molar-refractivity contribution in [2.24, 2.45) is 0 Å². The van der Waals surface area contributed by atoms with Crippen LogP contribution in [0.15, 0.2) is 29.3 Å². The van der Waals surface area contributed by atoms with Gasteiger partial charge in [0.05, 0.1) is 37.1 Å². The molecule has 0 saturated carbocycles. The third-order valence-corrected chi connectivity index (χ3v) is 4.44. The molecular formula is C17H19NO7S. The lowest BCUT2D eigenvalue weighted by Gasteiger charge is -2.17. The van der Waals surface area contributed by atoms with Gasteiger partial charge in [-0.05, 0) is 25.1 Å². The first-order chi connectivity index (χ1) is 12.5. The molecule has 0 atom stereocenters. The molecule has 0 spiro atoms. The molecule has 9 heteroatoms. The summed E-state index contributed by atoms with van der Waals surface area (Å²) in [6.07, 6.45) is 1.24. The second-order valence-electron chi connectivity index (χ2n) is 5.09. The molecule has 0 aliphatic carbocycles. The number of carbonyl (C=O) groups excluding carboxylic acids is 3. The zero-order chi connectivity index (χ0) is 19.1. The Morgan fingerprint density at radius 1 is 1.35 bits per heavy atom. The van der Waals surface area contributed by atoms with Crippen LogP contribution in [0.4, 0.5) is 0 Å². The van der Waals surface area contributed by atoms with Gasteiger partial charge in [0.2, 0.25) is 5.91 Å². The SMILES string of the molecule is CCOC(=O)/C=C1\SCC(=O)N1CCOC(=O)c1cc(OC)ccc1O. The van der Waals surface area contributed by atoms with E-state index in [1.165, 1.54) is 48.0 Å². The highest BCUT2D eigenvalue weighted by Gasteiger charge is 2.27. The van der Waals surface area contributed by atoms with Gasteiger partial charge < -0.3 is 24.2 Å². The third kappa shape index (κ3) is 4.92. The minimum Gasteiger partial charge on any atom is -0.507 e. The second-order valence-corrected chi connectivity index (χ2v) is 6.08. The summed E-state index contributed by atoms with van der Waals surface area (Å²) in [6, 6.07) is 4.20. The van der Waals surface area contributed by atoms with Gasteiger partial charge in [-0.2, -0.15) is 0 Å². The van der Waals surface area contributed by atoms with Crippen molar-refractivity contribution in [2.45, 2.75) is 6.92 Å². The van der Waals surface area contributed by atoms with Crippen LogP contribution >= 0.6 is 11.8 Å². The van der Waals surface area contributed by atoms with Crippen molar-refractivity contribution in [1.29, 1.82) is 0 Å². The number of rotatable bonds is 7. The fourth-order valence-electron chi connectivity index (χ4n) is 2.17.